The first-order valence-corrected chi connectivity index (χ1v) is 5.20. The van der Waals surface area contributed by atoms with Gasteiger partial charge in [0.2, 0.25) is 0 Å². The van der Waals surface area contributed by atoms with E-state index in [0.717, 1.165) is 5.52 Å². The molecule has 0 amide bonds. The number of fused-ring (bicyclic) bond motifs is 1. The highest BCUT2D eigenvalue weighted by Crippen LogP contribution is 2.08. The maximum atomic E-state index is 8.92. The van der Waals surface area contributed by atoms with Gasteiger partial charge in [-0.3, -0.25) is 0 Å². The van der Waals surface area contributed by atoms with Crippen LogP contribution in [0.2, 0.25) is 0 Å². The molecule has 86 valence electrons. The van der Waals surface area contributed by atoms with Crippen LogP contribution >= 0.6 is 0 Å². The number of rotatable bonds is 5. The summed E-state index contributed by atoms with van der Waals surface area (Å²) in [6.45, 7) is -0.0255. The van der Waals surface area contributed by atoms with Crippen molar-refractivity contribution in [2.45, 2.75) is 12.8 Å². The summed E-state index contributed by atoms with van der Waals surface area (Å²) < 4.78 is 0. The summed E-state index contributed by atoms with van der Waals surface area (Å²) in [6, 6.07) is 0. The van der Waals surface area contributed by atoms with Gasteiger partial charge in [-0.05, 0) is 6.42 Å². The summed E-state index contributed by atoms with van der Waals surface area (Å²) in [5.74, 6) is 0.588. The van der Waals surface area contributed by atoms with Crippen LogP contribution in [0.5, 0.6) is 0 Å². The Morgan fingerprint density at radius 3 is 2.81 bits per heavy atom. The molecule has 2 aromatic heterocycles. The van der Waals surface area contributed by atoms with Gasteiger partial charge < -0.3 is 15.2 Å². The molecule has 0 aliphatic heterocycles. The van der Waals surface area contributed by atoms with Gasteiger partial charge in [-0.15, -0.1) is 0 Å². The van der Waals surface area contributed by atoms with Gasteiger partial charge in [0, 0.05) is 25.6 Å². The molecule has 3 N–H and O–H groups in total. The molecule has 6 heteroatoms. The molecule has 0 aromatic carbocycles. The van der Waals surface area contributed by atoms with Crippen molar-refractivity contribution in [1.82, 2.24) is 19.9 Å². The Bertz CT molecular complexity index is 453. The van der Waals surface area contributed by atoms with E-state index in [9.17, 15) is 0 Å². The van der Waals surface area contributed by atoms with E-state index in [1.54, 1.807) is 12.5 Å². The molecule has 0 aliphatic rings. The standard InChI is InChI=1S/C10H14N4O2/c15-4-7(5-16)1-2-9-11-3-8-10(14-9)13-6-12-8/h3,6-7,15-16H,1-2,4-5H2,(H,11,12,13,14). The first kappa shape index (κ1) is 11.0. The third kappa shape index (κ3) is 2.34. The second-order valence-electron chi connectivity index (χ2n) is 3.70. The third-order valence-electron chi connectivity index (χ3n) is 2.52. The van der Waals surface area contributed by atoms with Crippen molar-refractivity contribution in [2.75, 3.05) is 13.2 Å². The SMILES string of the molecule is OCC(CO)CCc1ncc2[nH]cnc2n1. The molecule has 0 bridgehead atoms. The van der Waals surface area contributed by atoms with Gasteiger partial charge in [-0.25, -0.2) is 15.0 Å². The van der Waals surface area contributed by atoms with Gasteiger partial charge in [0.25, 0.3) is 0 Å². The number of hydrogen-bond donors (Lipinski definition) is 3. The van der Waals surface area contributed by atoms with E-state index in [-0.39, 0.29) is 19.1 Å². The number of hydrogen-bond acceptors (Lipinski definition) is 5. The second-order valence-corrected chi connectivity index (χ2v) is 3.70. The lowest BCUT2D eigenvalue weighted by molar-refractivity contribution is 0.143. The first-order valence-electron chi connectivity index (χ1n) is 5.20. The van der Waals surface area contributed by atoms with Gasteiger partial charge in [0.1, 0.15) is 11.3 Å². The predicted octanol–water partition coefficient (Wildman–Crippen LogP) is -0.114. The van der Waals surface area contributed by atoms with E-state index in [0.29, 0.717) is 24.3 Å². The van der Waals surface area contributed by atoms with Crippen LogP contribution in [0.4, 0.5) is 0 Å². The highest BCUT2D eigenvalue weighted by Gasteiger charge is 2.08. The molecule has 0 fully saturated rings. The molecule has 16 heavy (non-hydrogen) atoms. The second kappa shape index (κ2) is 5.00. The maximum Gasteiger partial charge on any atom is 0.180 e. The lowest BCUT2D eigenvalue weighted by Crippen LogP contribution is -2.12. The minimum atomic E-state index is -0.0986. The van der Waals surface area contributed by atoms with E-state index in [4.69, 9.17) is 10.2 Å². The molecule has 0 atom stereocenters. The summed E-state index contributed by atoms with van der Waals surface area (Å²) in [5, 5.41) is 17.8. The Morgan fingerprint density at radius 2 is 2.06 bits per heavy atom. The molecular formula is C10H14N4O2. The molecule has 2 aromatic rings. The Labute approximate surface area is 92.4 Å². The van der Waals surface area contributed by atoms with Crippen LogP contribution < -0.4 is 0 Å². The highest BCUT2D eigenvalue weighted by atomic mass is 16.3. The van der Waals surface area contributed by atoms with Crippen molar-refractivity contribution in [3.63, 3.8) is 0 Å². The van der Waals surface area contributed by atoms with Gasteiger partial charge >= 0.3 is 0 Å². The summed E-state index contributed by atoms with van der Waals surface area (Å²) in [5.41, 5.74) is 1.46. The van der Waals surface area contributed by atoms with Crippen LogP contribution in [0.15, 0.2) is 12.5 Å². The van der Waals surface area contributed by atoms with Crippen LogP contribution in [0.1, 0.15) is 12.2 Å². The molecule has 0 unspecified atom stereocenters. The quantitative estimate of drug-likeness (QED) is 0.656. The van der Waals surface area contributed by atoms with Crippen LogP contribution in [0.3, 0.4) is 0 Å². The Kier molecular flexibility index (Phi) is 3.43. The largest absolute Gasteiger partial charge is 0.396 e. The van der Waals surface area contributed by atoms with Crippen molar-refractivity contribution >= 4 is 11.2 Å². The molecular weight excluding hydrogens is 208 g/mol. The lowest BCUT2D eigenvalue weighted by atomic mass is 10.1. The topological polar surface area (TPSA) is 94.9 Å². The summed E-state index contributed by atoms with van der Waals surface area (Å²) >= 11 is 0. The zero-order valence-electron chi connectivity index (χ0n) is 8.80. The fourth-order valence-electron chi connectivity index (χ4n) is 1.47. The summed E-state index contributed by atoms with van der Waals surface area (Å²) in [7, 11) is 0. The maximum absolute atomic E-state index is 8.92. The van der Waals surface area contributed by atoms with Gasteiger partial charge in [-0.2, -0.15) is 0 Å². The average Bonchev–Trinajstić information content (AvgIpc) is 2.77. The predicted molar refractivity (Wildman–Crippen MR) is 57.7 cm³/mol. The number of aromatic amines is 1. The molecule has 2 rings (SSSR count). The number of H-pyrrole nitrogens is 1. The van der Waals surface area contributed by atoms with Crippen molar-refractivity contribution in [2.24, 2.45) is 5.92 Å². The van der Waals surface area contributed by atoms with Crippen LogP contribution in [-0.2, 0) is 6.42 Å². The van der Waals surface area contributed by atoms with Crippen molar-refractivity contribution in [1.29, 1.82) is 0 Å². The Balaban J connectivity index is 2.03. The molecule has 0 saturated heterocycles. The fraction of sp³-hybridized carbons (Fsp3) is 0.500. The Morgan fingerprint density at radius 1 is 1.25 bits per heavy atom. The summed E-state index contributed by atoms with van der Waals surface area (Å²) in [4.78, 5) is 15.4. The van der Waals surface area contributed by atoms with Crippen LogP contribution in [0, 0.1) is 5.92 Å². The number of aryl methyl sites for hydroxylation is 1. The van der Waals surface area contributed by atoms with Crippen molar-refractivity contribution in [3.8, 4) is 0 Å². The normalized spacial score (nSPS) is 11.4. The average molecular weight is 222 g/mol. The van der Waals surface area contributed by atoms with E-state index < -0.39 is 0 Å². The van der Waals surface area contributed by atoms with Crippen LogP contribution in [-0.4, -0.2) is 43.4 Å². The fourth-order valence-corrected chi connectivity index (χ4v) is 1.47. The number of aliphatic hydroxyl groups is 2. The van der Waals surface area contributed by atoms with Gasteiger partial charge in [0.15, 0.2) is 5.65 Å². The number of aliphatic hydroxyl groups excluding tert-OH is 2. The zero-order valence-corrected chi connectivity index (χ0v) is 8.80. The zero-order chi connectivity index (χ0) is 11.4. The van der Waals surface area contributed by atoms with E-state index in [1.807, 2.05) is 0 Å². The number of imidazole rings is 1. The Hall–Kier alpha value is -1.53. The first-order chi connectivity index (χ1) is 7.83. The van der Waals surface area contributed by atoms with Crippen LogP contribution in [0.25, 0.3) is 11.2 Å². The minimum absolute atomic E-state index is 0.0127. The number of nitrogens with one attached hydrogen (secondary N) is 1. The van der Waals surface area contributed by atoms with E-state index in [2.05, 4.69) is 19.9 Å². The monoisotopic (exact) mass is 222 g/mol. The third-order valence-corrected chi connectivity index (χ3v) is 2.52. The lowest BCUT2D eigenvalue weighted by Gasteiger charge is -2.08. The van der Waals surface area contributed by atoms with E-state index in [1.165, 1.54) is 0 Å². The van der Waals surface area contributed by atoms with Gasteiger partial charge in [0.05, 0.1) is 12.5 Å². The van der Waals surface area contributed by atoms with Crippen molar-refractivity contribution in [3.05, 3.63) is 18.3 Å². The molecule has 6 nitrogen and oxygen atoms in total. The summed E-state index contributed by atoms with van der Waals surface area (Å²) in [6.07, 6.45) is 4.57. The smallest absolute Gasteiger partial charge is 0.180 e. The van der Waals surface area contributed by atoms with Crippen molar-refractivity contribution < 1.29 is 10.2 Å². The molecule has 0 spiro atoms. The van der Waals surface area contributed by atoms with E-state index >= 15 is 0 Å². The number of aromatic nitrogens is 4. The molecule has 0 aliphatic carbocycles. The minimum Gasteiger partial charge on any atom is -0.396 e. The van der Waals surface area contributed by atoms with Gasteiger partial charge in [-0.1, -0.05) is 0 Å². The number of nitrogens with zero attached hydrogens (tertiary/aromatic N) is 3. The molecule has 2 heterocycles. The molecule has 0 radical (unpaired) electrons. The molecule has 0 saturated carbocycles. The highest BCUT2D eigenvalue weighted by molar-refractivity contribution is 5.67.